The Morgan fingerprint density at radius 3 is 2.15 bits per heavy atom. The van der Waals surface area contributed by atoms with Crippen LogP contribution in [0.15, 0.2) is 46.9 Å². The summed E-state index contributed by atoms with van der Waals surface area (Å²) in [4.78, 5) is 27.9. The summed E-state index contributed by atoms with van der Waals surface area (Å²) in [5, 5.41) is 3.52. The van der Waals surface area contributed by atoms with Gasteiger partial charge in [0.05, 0.1) is 11.9 Å². The summed E-state index contributed by atoms with van der Waals surface area (Å²) in [6.07, 6.45) is 2.08. The molecule has 0 saturated heterocycles. The molecule has 2 aromatic rings. The van der Waals surface area contributed by atoms with Crippen molar-refractivity contribution in [1.29, 1.82) is 0 Å². The van der Waals surface area contributed by atoms with Crippen molar-refractivity contribution in [1.82, 2.24) is 10.2 Å². The van der Waals surface area contributed by atoms with E-state index in [1.54, 1.807) is 49.4 Å². The van der Waals surface area contributed by atoms with E-state index in [0.717, 1.165) is 21.5 Å². The van der Waals surface area contributed by atoms with Gasteiger partial charge in [-0.2, -0.15) is 0 Å². The quantitative estimate of drug-likeness (QED) is 0.404. The van der Waals surface area contributed by atoms with E-state index in [9.17, 15) is 18.0 Å². The largest absolute Gasteiger partial charge is 0.354 e. The van der Waals surface area contributed by atoms with Crippen molar-refractivity contribution in [3.8, 4) is 0 Å². The monoisotopic (exact) mass is 591 g/mol. The Bertz CT molecular complexity index is 1090. The molecular weight excluding hydrogens is 565 g/mol. The molecule has 0 fully saturated rings. The Hall–Kier alpha value is -1.81. The standard InChI is InChI=1S/C23H28BrCl2N3O4S/c1-4-13-27-23(31)21(5-2)28(14-18-19(25)7-6-8-20(18)26)22(30)15-29(34(3,32)33)17-11-9-16(24)10-12-17/h6-12,21H,4-5,13-15H2,1-3H3,(H,27,31)/t21-/m0/s1. The predicted molar refractivity (Wildman–Crippen MR) is 141 cm³/mol. The van der Waals surface area contributed by atoms with Crippen LogP contribution in [0.25, 0.3) is 0 Å². The van der Waals surface area contributed by atoms with Crippen LogP contribution in [0.3, 0.4) is 0 Å². The minimum absolute atomic E-state index is 0.0483. The minimum Gasteiger partial charge on any atom is -0.354 e. The number of nitrogens with one attached hydrogen (secondary N) is 1. The van der Waals surface area contributed by atoms with E-state index < -0.39 is 28.5 Å². The van der Waals surface area contributed by atoms with Crippen molar-refractivity contribution in [3.05, 3.63) is 62.5 Å². The fourth-order valence-corrected chi connectivity index (χ4v) is 4.99. The Morgan fingerprint density at radius 2 is 1.65 bits per heavy atom. The van der Waals surface area contributed by atoms with Crippen LogP contribution in [-0.4, -0.2) is 50.5 Å². The number of halogens is 3. The molecule has 34 heavy (non-hydrogen) atoms. The molecule has 1 N–H and O–H groups in total. The first-order chi connectivity index (χ1) is 16.0. The summed E-state index contributed by atoms with van der Waals surface area (Å²) >= 11 is 16.0. The fourth-order valence-electron chi connectivity index (χ4n) is 3.36. The minimum atomic E-state index is -3.80. The SMILES string of the molecule is CCCNC(=O)[C@H](CC)N(Cc1c(Cl)cccc1Cl)C(=O)CN(c1ccc(Br)cc1)S(C)(=O)=O. The van der Waals surface area contributed by atoms with Gasteiger partial charge < -0.3 is 10.2 Å². The molecule has 2 rings (SSSR count). The number of rotatable bonds is 11. The normalized spacial score (nSPS) is 12.2. The molecule has 2 aromatic carbocycles. The van der Waals surface area contributed by atoms with E-state index in [2.05, 4.69) is 21.2 Å². The average Bonchev–Trinajstić information content (AvgIpc) is 2.77. The molecule has 11 heteroatoms. The maximum absolute atomic E-state index is 13.6. The summed E-state index contributed by atoms with van der Waals surface area (Å²) in [5.74, 6) is -0.877. The molecule has 0 saturated carbocycles. The lowest BCUT2D eigenvalue weighted by Crippen LogP contribution is -2.52. The number of hydrogen-bond acceptors (Lipinski definition) is 4. The van der Waals surface area contributed by atoms with Crippen LogP contribution in [-0.2, 0) is 26.2 Å². The first-order valence-corrected chi connectivity index (χ1v) is 14.1. The third kappa shape index (κ3) is 7.60. The zero-order valence-electron chi connectivity index (χ0n) is 19.2. The highest BCUT2D eigenvalue weighted by molar-refractivity contribution is 9.10. The number of carbonyl (C=O) groups excluding carboxylic acids is 2. The number of anilines is 1. The predicted octanol–water partition coefficient (Wildman–Crippen LogP) is 4.86. The highest BCUT2D eigenvalue weighted by atomic mass is 79.9. The molecule has 0 aromatic heterocycles. The van der Waals surface area contributed by atoms with Gasteiger partial charge in [-0.3, -0.25) is 13.9 Å². The van der Waals surface area contributed by atoms with E-state index in [0.29, 0.717) is 34.3 Å². The van der Waals surface area contributed by atoms with Gasteiger partial charge in [0.25, 0.3) is 0 Å². The maximum atomic E-state index is 13.6. The van der Waals surface area contributed by atoms with Gasteiger partial charge >= 0.3 is 0 Å². The molecule has 0 spiro atoms. The molecule has 186 valence electrons. The van der Waals surface area contributed by atoms with Crippen LogP contribution < -0.4 is 9.62 Å². The molecule has 0 aliphatic carbocycles. The van der Waals surface area contributed by atoms with E-state index in [1.165, 1.54) is 4.90 Å². The number of carbonyl (C=O) groups is 2. The van der Waals surface area contributed by atoms with Gasteiger partial charge in [0.15, 0.2) is 0 Å². The molecule has 0 unspecified atom stereocenters. The Kier molecular flexibility index (Phi) is 10.7. The summed E-state index contributed by atoms with van der Waals surface area (Å²) in [6.45, 7) is 3.63. The molecule has 7 nitrogen and oxygen atoms in total. The molecule has 0 aliphatic heterocycles. The molecule has 0 aliphatic rings. The lowest BCUT2D eigenvalue weighted by atomic mass is 10.1. The van der Waals surface area contributed by atoms with Gasteiger partial charge in [-0.05, 0) is 49.2 Å². The lowest BCUT2D eigenvalue weighted by molar-refractivity contribution is -0.140. The number of amides is 2. The smallest absolute Gasteiger partial charge is 0.244 e. The van der Waals surface area contributed by atoms with Crippen LogP contribution in [0.1, 0.15) is 32.3 Å². The summed E-state index contributed by atoms with van der Waals surface area (Å²) in [6, 6.07) is 10.7. The van der Waals surface area contributed by atoms with Crippen LogP contribution in [0, 0.1) is 0 Å². The average molecular weight is 593 g/mol. The van der Waals surface area contributed by atoms with Gasteiger partial charge in [-0.25, -0.2) is 8.42 Å². The lowest BCUT2D eigenvalue weighted by Gasteiger charge is -2.33. The number of nitrogens with zero attached hydrogens (tertiary/aromatic N) is 2. The molecule has 0 bridgehead atoms. The van der Waals surface area contributed by atoms with Crippen molar-refractivity contribution >= 4 is 66.7 Å². The van der Waals surface area contributed by atoms with Crippen molar-refractivity contribution in [2.45, 2.75) is 39.3 Å². The van der Waals surface area contributed by atoms with Crippen molar-refractivity contribution < 1.29 is 18.0 Å². The highest BCUT2D eigenvalue weighted by Crippen LogP contribution is 2.28. The summed E-state index contributed by atoms with van der Waals surface area (Å²) < 4.78 is 26.9. The zero-order valence-corrected chi connectivity index (χ0v) is 23.1. The van der Waals surface area contributed by atoms with Crippen LogP contribution in [0.2, 0.25) is 10.0 Å². The zero-order chi connectivity index (χ0) is 25.5. The second-order valence-corrected chi connectivity index (χ2v) is 11.3. The van der Waals surface area contributed by atoms with Gasteiger partial charge in [0, 0.05) is 33.2 Å². The summed E-state index contributed by atoms with van der Waals surface area (Å²) in [5.41, 5.74) is 0.814. The topological polar surface area (TPSA) is 86.8 Å². The number of sulfonamides is 1. The Morgan fingerprint density at radius 1 is 1.06 bits per heavy atom. The molecule has 0 heterocycles. The van der Waals surface area contributed by atoms with Crippen molar-refractivity contribution in [3.63, 3.8) is 0 Å². The second kappa shape index (κ2) is 12.8. The van der Waals surface area contributed by atoms with E-state index >= 15 is 0 Å². The molecule has 2 amide bonds. The Labute approximate surface area is 219 Å². The molecule has 0 radical (unpaired) electrons. The van der Waals surface area contributed by atoms with Crippen LogP contribution >= 0.6 is 39.1 Å². The Balaban J connectivity index is 2.47. The number of benzene rings is 2. The van der Waals surface area contributed by atoms with Crippen LogP contribution in [0.5, 0.6) is 0 Å². The molecule has 1 atom stereocenters. The van der Waals surface area contributed by atoms with Crippen molar-refractivity contribution in [2.75, 3.05) is 23.7 Å². The van der Waals surface area contributed by atoms with Crippen molar-refractivity contribution in [2.24, 2.45) is 0 Å². The van der Waals surface area contributed by atoms with E-state index in [1.807, 2.05) is 6.92 Å². The first-order valence-electron chi connectivity index (χ1n) is 10.7. The molecular formula is C23H28BrCl2N3O4S. The van der Waals surface area contributed by atoms with Crippen LogP contribution in [0.4, 0.5) is 5.69 Å². The first kappa shape index (κ1) is 28.4. The summed E-state index contributed by atoms with van der Waals surface area (Å²) in [7, 11) is -3.80. The van der Waals surface area contributed by atoms with Gasteiger partial charge in [0.1, 0.15) is 12.6 Å². The van der Waals surface area contributed by atoms with Gasteiger partial charge in [-0.15, -0.1) is 0 Å². The third-order valence-electron chi connectivity index (χ3n) is 5.12. The third-order valence-corrected chi connectivity index (χ3v) is 7.50. The van der Waals surface area contributed by atoms with Gasteiger partial charge in [0.2, 0.25) is 21.8 Å². The fraction of sp³-hybridized carbons (Fsp3) is 0.391. The van der Waals surface area contributed by atoms with E-state index in [4.69, 9.17) is 23.2 Å². The second-order valence-electron chi connectivity index (χ2n) is 7.68. The van der Waals surface area contributed by atoms with Gasteiger partial charge in [-0.1, -0.05) is 59.0 Å². The highest BCUT2D eigenvalue weighted by Gasteiger charge is 2.32. The number of hydrogen-bond donors (Lipinski definition) is 1. The van der Waals surface area contributed by atoms with E-state index in [-0.39, 0.29) is 12.5 Å². The maximum Gasteiger partial charge on any atom is 0.244 e.